The summed E-state index contributed by atoms with van der Waals surface area (Å²) >= 11 is 0. The molecule has 0 saturated carbocycles. The molecule has 2 aromatic carbocycles. The van der Waals surface area contributed by atoms with Gasteiger partial charge in [-0.2, -0.15) is 5.10 Å². The van der Waals surface area contributed by atoms with Gasteiger partial charge in [-0.1, -0.05) is 32.0 Å². The fourth-order valence-corrected chi connectivity index (χ4v) is 3.09. The summed E-state index contributed by atoms with van der Waals surface area (Å²) in [4.78, 5) is 28.3. The zero-order valence-corrected chi connectivity index (χ0v) is 18.4. The number of hydrogen-bond acceptors (Lipinski definition) is 5. The van der Waals surface area contributed by atoms with Crippen molar-refractivity contribution < 1.29 is 19.1 Å². The number of fused-ring (bicyclic) bond motifs is 1. The molecular weight excluding hydrogens is 408 g/mol. The molecule has 3 aromatic rings. The number of rotatable bonds is 9. The Kier molecular flexibility index (Phi) is 7.85. The number of carbonyl (C=O) groups excluding carboxylic acids is 2. The van der Waals surface area contributed by atoms with Gasteiger partial charge in [-0.25, -0.2) is 10.2 Å². The van der Waals surface area contributed by atoms with Crippen LogP contribution in [0.3, 0.4) is 0 Å². The van der Waals surface area contributed by atoms with Gasteiger partial charge in [0.1, 0.15) is 11.8 Å². The molecule has 168 valence electrons. The lowest BCUT2D eigenvalue weighted by Crippen LogP contribution is -2.47. The van der Waals surface area contributed by atoms with E-state index >= 15 is 0 Å². The van der Waals surface area contributed by atoms with Crippen LogP contribution in [0.2, 0.25) is 0 Å². The van der Waals surface area contributed by atoms with Gasteiger partial charge < -0.3 is 19.8 Å². The molecular formula is C24H28N4O4. The Morgan fingerprint density at radius 3 is 2.59 bits per heavy atom. The minimum absolute atomic E-state index is 0.191. The van der Waals surface area contributed by atoms with Crippen molar-refractivity contribution in [3.8, 4) is 5.75 Å². The van der Waals surface area contributed by atoms with Crippen molar-refractivity contribution in [1.29, 1.82) is 0 Å². The molecule has 3 rings (SSSR count). The Bertz CT molecular complexity index is 1070. The van der Waals surface area contributed by atoms with E-state index in [9.17, 15) is 9.59 Å². The molecule has 0 aliphatic carbocycles. The van der Waals surface area contributed by atoms with E-state index in [-0.39, 0.29) is 18.9 Å². The van der Waals surface area contributed by atoms with Crippen molar-refractivity contribution in [3.05, 3.63) is 65.9 Å². The highest BCUT2D eigenvalue weighted by atomic mass is 16.5. The molecule has 2 amide bonds. The number of H-pyrrole nitrogens is 1. The third-order valence-corrected chi connectivity index (χ3v) is 4.76. The van der Waals surface area contributed by atoms with Crippen molar-refractivity contribution in [2.45, 2.75) is 26.3 Å². The minimum atomic E-state index is -0.859. The van der Waals surface area contributed by atoms with Gasteiger partial charge in [-0.15, -0.1) is 0 Å². The fourth-order valence-electron chi connectivity index (χ4n) is 3.09. The van der Waals surface area contributed by atoms with E-state index in [4.69, 9.17) is 9.47 Å². The van der Waals surface area contributed by atoms with E-state index < -0.39 is 18.0 Å². The molecule has 8 heteroatoms. The monoisotopic (exact) mass is 436 g/mol. The third kappa shape index (κ3) is 6.34. The van der Waals surface area contributed by atoms with Crippen LogP contribution >= 0.6 is 0 Å². The highest BCUT2D eigenvalue weighted by Crippen LogP contribution is 2.19. The van der Waals surface area contributed by atoms with Gasteiger partial charge in [0.25, 0.3) is 5.91 Å². The largest absolute Gasteiger partial charge is 0.497 e. The van der Waals surface area contributed by atoms with Gasteiger partial charge in [0, 0.05) is 23.5 Å². The lowest BCUT2D eigenvalue weighted by atomic mass is 10.0. The number of benzene rings is 2. The first-order valence-electron chi connectivity index (χ1n) is 10.4. The molecule has 0 fully saturated rings. The molecule has 32 heavy (non-hydrogen) atoms. The number of alkyl carbamates (subject to hydrolysis) is 1. The number of aromatic nitrogens is 1. The van der Waals surface area contributed by atoms with Crippen LogP contribution in [0.25, 0.3) is 10.9 Å². The van der Waals surface area contributed by atoms with Crippen molar-refractivity contribution in [1.82, 2.24) is 15.7 Å². The Balaban J connectivity index is 1.70. The second kappa shape index (κ2) is 11.0. The average Bonchev–Trinajstić information content (AvgIpc) is 3.20. The van der Waals surface area contributed by atoms with Gasteiger partial charge in [-0.05, 0) is 47.4 Å². The Morgan fingerprint density at radius 1 is 1.12 bits per heavy atom. The highest BCUT2D eigenvalue weighted by molar-refractivity contribution is 5.89. The summed E-state index contributed by atoms with van der Waals surface area (Å²) in [5.41, 5.74) is 5.17. The quantitative estimate of drug-likeness (QED) is 0.352. The van der Waals surface area contributed by atoms with Gasteiger partial charge in [-0.3, -0.25) is 4.79 Å². The van der Waals surface area contributed by atoms with E-state index in [0.29, 0.717) is 0 Å². The number of nitrogens with zero attached hydrogens (tertiary/aromatic N) is 1. The molecule has 0 unspecified atom stereocenters. The van der Waals surface area contributed by atoms with E-state index in [1.54, 1.807) is 19.2 Å². The normalized spacial score (nSPS) is 12.1. The second-order valence-electron chi connectivity index (χ2n) is 7.76. The number of para-hydroxylation sites is 1. The number of hydrogen-bond donors (Lipinski definition) is 3. The van der Waals surface area contributed by atoms with Crippen LogP contribution < -0.4 is 15.5 Å². The first-order valence-corrected chi connectivity index (χ1v) is 10.4. The average molecular weight is 437 g/mol. The van der Waals surface area contributed by atoms with Gasteiger partial charge in [0.2, 0.25) is 0 Å². The van der Waals surface area contributed by atoms with Gasteiger partial charge >= 0.3 is 6.09 Å². The summed E-state index contributed by atoms with van der Waals surface area (Å²) in [5, 5.41) is 7.68. The summed E-state index contributed by atoms with van der Waals surface area (Å²) in [6.07, 6.45) is 3.01. The predicted octanol–water partition coefficient (Wildman–Crippen LogP) is 3.62. The zero-order chi connectivity index (χ0) is 22.9. The molecule has 0 radical (unpaired) electrons. The van der Waals surface area contributed by atoms with Crippen LogP contribution in [-0.2, 0) is 16.0 Å². The first kappa shape index (κ1) is 22.9. The number of methoxy groups -OCH3 is 1. The number of nitrogens with one attached hydrogen (secondary N) is 3. The molecule has 1 heterocycles. The van der Waals surface area contributed by atoms with Gasteiger partial charge in [0.15, 0.2) is 0 Å². The van der Waals surface area contributed by atoms with Crippen LogP contribution in [0.4, 0.5) is 4.79 Å². The van der Waals surface area contributed by atoms with Gasteiger partial charge in [0.05, 0.1) is 19.9 Å². The van der Waals surface area contributed by atoms with E-state index in [0.717, 1.165) is 27.8 Å². The Morgan fingerprint density at radius 2 is 1.88 bits per heavy atom. The molecule has 3 N–H and O–H groups in total. The number of carbonyl (C=O) groups is 2. The van der Waals surface area contributed by atoms with E-state index in [2.05, 4.69) is 20.8 Å². The maximum atomic E-state index is 12.8. The summed E-state index contributed by atoms with van der Waals surface area (Å²) < 4.78 is 10.3. The summed E-state index contributed by atoms with van der Waals surface area (Å²) in [6, 6.07) is 14.2. The fraction of sp³-hybridized carbons (Fsp3) is 0.292. The molecule has 0 aliphatic rings. The second-order valence-corrected chi connectivity index (χ2v) is 7.76. The Hall–Kier alpha value is -3.81. The minimum Gasteiger partial charge on any atom is -0.497 e. The molecule has 0 aliphatic heterocycles. The van der Waals surface area contributed by atoms with Crippen molar-refractivity contribution in [2.24, 2.45) is 11.0 Å². The van der Waals surface area contributed by atoms with Crippen molar-refractivity contribution >= 4 is 29.1 Å². The van der Waals surface area contributed by atoms with E-state index in [1.165, 1.54) is 6.21 Å². The Labute approximate surface area is 187 Å². The number of aromatic amines is 1. The van der Waals surface area contributed by atoms with Crippen molar-refractivity contribution in [2.75, 3.05) is 13.7 Å². The standard InChI is InChI=1S/C24H28N4O4/c1-16(2)15-32-24(30)27-22(12-18-14-25-21-7-5-4-6-20(18)21)23(29)28-26-13-17-8-10-19(31-3)11-9-17/h4-11,13-14,16,22,25H,12,15H2,1-3H3,(H,27,30)(H,28,29)/b26-13-/t22-/m0/s1. The number of amides is 2. The molecule has 0 bridgehead atoms. The summed E-state index contributed by atoms with van der Waals surface area (Å²) in [5.74, 6) is 0.478. The predicted molar refractivity (Wildman–Crippen MR) is 124 cm³/mol. The topological polar surface area (TPSA) is 105 Å². The van der Waals surface area contributed by atoms with Crippen LogP contribution in [-0.4, -0.2) is 43.0 Å². The smallest absolute Gasteiger partial charge is 0.407 e. The van der Waals surface area contributed by atoms with E-state index in [1.807, 2.05) is 56.4 Å². The van der Waals surface area contributed by atoms with Crippen molar-refractivity contribution in [3.63, 3.8) is 0 Å². The molecule has 8 nitrogen and oxygen atoms in total. The molecule has 1 atom stereocenters. The highest BCUT2D eigenvalue weighted by Gasteiger charge is 2.23. The third-order valence-electron chi connectivity index (χ3n) is 4.76. The van der Waals surface area contributed by atoms with Crippen LogP contribution in [0.5, 0.6) is 5.75 Å². The van der Waals surface area contributed by atoms with Crippen LogP contribution in [0, 0.1) is 5.92 Å². The van der Waals surface area contributed by atoms with Crippen LogP contribution in [0.1, 0.15) is 25.0 Å². The zero-order valence-electron chi connectivity index (χ0n) is 18.4. The molecule has 0 saturated heterocycles. The summed E-state index contributed by atoms with van der Waals surface area (Å²) in [6.45, 7) is 4.15. The maximum absolute atomic E-state index is 12.8. The lowest BCUT2D eigenvalue weighted by Gasteiger charge is -2.17. The lowest BCUT2D eigenvalue weighted by molar-refractivity contribution is -0.123. The SMILES string of the molecule is COc1ccc(/C=N\NC(=O)[C@H](Cc2c[nH]c3ccccc23)NC(=O)OCC(C)C)cc1. The number of hydrazone groups is 1. The van der Waals surface area contributed by atoms with Crippen LogP contribution in [0.15, 0.2) is 59.8 Å². The molecule has 1 aromatic heterocycles. The number of ether oxygens (including phenoxy) is 2. The summed E-state index contributed by atoms with van der Waals surface area (Å²) in [7, 11) is 1.59. The molecule has 0 spiro atoms. The maximum Gasteiger partial charge on any atom is 0.407 e. The first-order chi connectivity index (χ1) is 15.5.